The van der Waals surface area contributed by atoms with Crippen LogP contribution in [0.15, 0.2) is 22.7 Å². The molecule has 0 spiro atoms. The van der Waals surface area contributed by atoms with Gasteiger partial charge in [0.1, 0.15) is 0 Å². The molecule has 0 heterocycles. The molecule has 1 fully saturated rings. The first-order valence-corrected chi connectivity index (χ1v) is 9.50. The lowest BCUT2D eigenvalue weighted by Crippen LogP contribution is -2.36. The molecule has 1 aromatic rings. The minimum Gasteiger partial charge on any atom is -0.314 e. The highest BCUT2D eigenvalue weighted by molar-refractivity contribution is 9.10. The van der Waals surface area contributed by atoms with Gasteiger partial charge in [-0.2, -0.15) is 0 Å². The third kappa shape index (κ3) is 4.32. The van der Waals surface area contributed by atoms with Crippen LogP contribution in [-0.4, -0.2) is 12.6 Å². The maximum atomic E-state index is 3.82. The second kappa shape index (κ2) is 7.28. The number of fused-ring (bicyclic) bond motifs is 1. The van der Waals surface area contributed by atoms with E-state index in [1.165, 1.54) is 62.4 Å². The van der Waals surface area contributed by atoms with Crippen LogP contribution >= 0.6 is 15.9 Å². The fourth-order valence-corrected chi connectivity index (χ4v) is 4.42. The maximum Gasteiger partial charge on any atom is 0.0178 e. The summed E-state index contributed by atoms with van der Waals surface area (Å²) in [5.41, 5.74) is 3.09. The number of hydrogen-bond donors (Lipinski definition) is 1. The van der Waals surface area contributed by atoms with E-state index in [9.17, 15) is 0 Å². The van der Waals surface area contributed by atoms with Gasteiger partial charge in [-0.05, 0) is 67.3 Å². The van der Waals surface area contributed by atoms with E-state index in [-0.39, 0.29) is 0 Å². The summed E-state index contributed by atoms with van der Waals surface area (Å²) in [7, 11) is 0. The summed E-state index contributed by atoms with van der Waals surface area (Å²) in [6.07, 6.45) is 11.0. The highest BCUT2D eigenvalue weighted by Gasteiger charge is 2.20. The lowest BCUT2D eigenvalue weighted by atomic mass is 9.81. The van der Waals surface area contributed by atoms with Gasteiger partial charge in [0.25, 0.3) is 0 Å². The summed E-state index contributed by atoms with van der Waals surface area (Å²) >= 11 is 3.58. The molecule has 0 bridgehead atoms. The molecular formula is C19H28BrN. The fraction of sp³-hybridized carbons (Fsp3) is 0.684. The standard InChI is InChI=1S/C19H28BrN/c1-14-2-4-15(5-3-14)10-11-21-19-9-7-16-12-18(20)8-6-17(16)13-19/h6,8,12,14-15,19,21H,2-5,7,9-11,13H2,1H3. The van der Waals surface area contributed by atoms with Crippen molar-refractivity contribution in [1.82, 2.24) is 5.32 Å². The first kappa shape index (κ1) is 15.6. The first-order valence-electron chi connectivity index (χ1n) is 8.71. The molecule has 1 N–H and O–H groups in total. The summed E-state index contributed by atoms with van der Waals surface area (Å²) in [5, 5.41) is 3.82. The summed E-state index contributed by atoms with van der Waals surface area (Å²) in [5.74, 6) is 1.96. The predicted molar refractivity (Wildman–Crippen MR) is 93.7 cm³/mol. The Balaban J connectivity index is 1.42. The molecule has 3 rings (SSSR count). The minimum absolute atomic E-state index is 0.696. The van der Waals surface area contributed by atoms with Crippen molar-refractivity contribution < 1.29 is 0 Å². The molecule has 1 aromatic carbocycles. The van der Waals surface area contributed by atoms with Crippen molar-refractivity contribution in [1.29, 1.82) is 0 Å². The van der Waals surface area contributed by atoms with Gasteiger partial charge >= 0.3 is 0 Å². The molecule has 21 heavy (non-hydrogen) atoms. The van der Waals surface area contributed by atoms with Crippen molar-refractivity contribution in [2.75, 3.05) is 6.54 Å². The molecule has 0 aliphatic heterocycles. The van der Waals surface area contributed by atoms with Crippen molar-refractivity contribution in [2.24, 2.45) is 11.8 Å². The van der Waals surface area contributed by atoms with Crippen LogP contribution in [0.25, 0.3) is 0 Å². The molecule has 2 aliphatic rings. The Kier molecular flexibility index (Phi) is 5.39. The number of hydrogen-bond acceptors (Lipinski definition) is 1. The smallest absolute Gasteiger partial charge is 0.0178 e. The van der Waals surface area contributed by atoms with Gasteiger partial charge in [-0.1, -0.05) is 54.6 Å². The lowest BCUT2D eigenvalue weighted by molar-refractivity contribution is 0.271. The van der Waals surface area contributed by atoms with Gasteiger partial charge in [0.2, 0.25) is 0 Å². The number of rotatable bonds is 4. The van der Waals surface area contributed by atoms with Gasteiger partial charge in [-0.25, -0.2) is 0 Å². The van der Waals surface area contributed by atoms with Gasteiger partial charge in [-0.15, -0.1) is 0 Å². The summed E-state index contributed by atoms with van der Waals surface area (Å²) < 4.78 is 1.22. The third-order valence-corrected chi connectivity index (χ3v) is 6.01. The van der Waals surface area contributed by atoms with Gasteiger partial charge in [0, 0.05) is 10.5 Å². The van der Waals surface area contributed by atoms with Gasteiger partial charge < -0.3 is 5.32 Å². The third-order valence-electron chi connectivity index (χ3n) is 5.52. The first-order chi connectivity index (χ1) is 10.2. The molecule has 0 aromatic heterocycles. The molecule has 116 valence electrons. The largest absolute Gasteiger partial charge is 0.314 e. The molecule has 1 unspecified atom stereocenters. The Morgan fingerprint density at radius 2 is 1.90 bits per heavy atom. The monoisotopic (exact) mass is 349 g/mol. The van der Waals surface area contributed by atoms with E-state index in [0.717, 1.165) is 11.8 Å². The van der Waals surface area contributed by atoms with E-state index in [2.05, 4.69) is 46.4 Å². The van der Waals surface area contributed by atoms with Crippen molar-refractivity contribution in [3.8, 4) is 0 Å². The van der Waals surface area contributed by atoms with E-state index >= 15 is 0 Å². The lowest BCUT2D eigenvalue weighted by Gasteiger charge is -2.29. The summed E-state index contributed by atoms with van der Waals surface area (Å²) in [4.78, 5) is 0. The van der Waals surface area contributed by atoms with Crippen LogP contribution in [0.5, 0.6) is 0 Å². The molecule has 1 nitrogen and oxygen atoms in total. The zero-order valence-corrected chi connectivity index (χ0v) is 14.8. The van der Waals surface area contributed by atoms with Crippen LogP contribution in [0.4, 0.5) is 0 Å². The second-order valence-corrected chi connectivity index (χ2v) is 8.14. The van der Waals surface area contributed by atoms with Crippen LogP contribution in [0, 0.1) is 11.8 Å². The Labute approximate surface area is 138 Å². The highest BCUT2D eigenvalue weighted by Crippen LogP contribution is 2.30. The van der Waals surface area contributed by atoms with Crippen molar-refractivity contribution in [3.05, 3.63) is 33.8 Å². The average molecular weight is 350 g/mol. The topological polar surface area (TPSA) is 12.0 Å². The summed E-state index contributed by atoms with van der Waals surface area (Å²) in [6.45, 7) is 3.63. The van der Waals surface area contributed by atoms with Gasteiger partial charge in [0.15, 0.2) is 0 Å². The second-order valence-electron chi connectivity index (χ2n) is 7.22. The SMILES string of the molecule is CC1CCC(CCNC2CCc3cc(Br)ccc3C2)CC1. The van der Waals surface area contributed by atoms with Crippen LogP contribution < -0.4 is 5.32 Å². The van der Waals surface area contributed by atoms with Crippen molar-refractivity contribution in [2.45, 2.75) is 64.3 Å². The maximum absolute atomic E-state index is 3.82. The van der Waals surface area contributed by atoms with E-state index < -0.39 is 0 Å². The van der Waals surface area contributed by atoms with E-state index in [4.69, 9.17) is 0 Å². The molecule has 1 saturated carbocycles. The van der Waals surface area contributed by atoms with E-state index in [0.29, 0.717) is 6.04 Å². The number of aryl methyl sites for hydroxylation is 1. The number of halogens is 1. The average Bonchev–Trinajstić information content (AvgIpc) is 2.49. The Morgan fingerprint density at radius 1 is 1.10 bits per heavy atom. The molecule has 0 saturated heterocycles. The predicted octanol–water partition coefficient (Wildman–Crippen LogP) is 5.11. The van der Waals surface area contributed by atoms with E-state index in [1.54, 1.807) is 11.1 Å². The molecule has 0 amide bonds. The van der Waals surface area contributed by atoms with Crippen LogP contribution in [0.1, 0.15) is 56.6 Å². The molecular weight excluding hydrogens is 322 g/mol. The molecule has 0 radical (unpaired) electrons. The molecule has 1 atom stereocenters. The Hall–Kier alpha value is -0.340. The van der Waals surface area contributed by atoms with E-state index in [1.807, 2.05) is 0 Å². The minimum atomic E-state index is 0.696. The van der Waals surface area contributed by atoms with Crippen molar-refractivity contribution >= 4 is 15.9 Å². The fourth-order valence-electron chi connectivity index (χ4n) is 4.01. The quantitative estimate of drug-likeness (QED) is 0.795. The van der Waals surface area contributed by atoms with Gasteiger partial charge in [0.05, 0.1) is 0 Å². The number of nitrogens with one attached hydrogen (secondary N) is 1. The molecule has 2 heteroatoms. The Morgan fingerprint density at radius 3 is 2.71 bits per heavy atom. The molecule has 2 aliphatic carbocycles. The van der Waals surface area contributed by atoms with Crippen LogP contribution in [0.3, 0.4) is 0 Å². The van der Waals surface area contributed by atoms with Gasteiger partial charge in [-0.3, -0.25) is 0 Å². The Bertz CT molecular complexity index is 463. The zero-order chi connectivity index (χ0) is 14.7. The highest BCUT2D eigenvalue weighted by atomic mass is 79.9. The van der Waals surface area contributed by atoms with Crippen LogP contribution in [0.2, 0.25) is 0 Å². The van der Waals surface area contributed by atoms with Crippen LogP contribution in [-0.2, 0) is 12.8 Å². The number of benzene rings is 1. The van der Waals surface area contributed by atoms with Crippen molar-refractivity contribution in [3.63, 3.8) is 0 Å². The normalized spacial score (nSPS) is 29.1. The summed E-state index contributed by atoms with van der Waals surface area (Å²) in [6, 6.07) is 7.48. The zero-order valence-electron chi connectivity index (χ0n) is 13.2.